The first-order valence-electron chi connectivity index (χ1n) is 10.7. The number of hydrogen-bond acceptors (Lipinski definition) is 7. The van der Waals surface area contributed by atoms with Crippen molar-refractivity contribution in [1.82, 2.24) is 0 Å². The molecule has 11 heteroatoms. The predicted molar refractivity (Wildman–Crippen MR) is 128 cm³/mol. The monoisotopic (exact) mass is 495 g/mol. The maximum Gasteiger partial charge on any atom is 0.340 e. The molecule has 2 N–H and O–H groups in total. The molecule has 0 spiro atoms. The van der Waals surface area contributed by atoms with Crippen LogP contribution in [0.5, 0.6) is 5.75 Å². The number of nitrogens with one attached hydrogen (secondary N) is 2. The Morgan fingerprint density at radius 3 is 2.33 bits per heavy atom. The smallest absolute Gasteiger partial charge is 0.340 e. The highest BCUT2D eigenvalue weighted by Crippen LogP contribution is 2.21. The van der Waals surface area contributed by atoms with Crippen LogP contribution < -0.4 is 15.4 Å². The molecule has 0 bridgehead atoms. The van der Waals surface area contributed by atoms with Crippen molar-refractivity contribution in [3.05, 3.63) is 93.8 Å². The van der Waals surface area contributed by atoms with Crippen LogP contribution in [0.4, 0.5) is 21.5 Å². The quantitative estimate of drug-likeness (QED) is 0.245. The van der Waals surface area contributed by atoms with E-state index < -0.39 is 40.6 Å². The molecule has 3 aromatic carbocycles. The summed E-state index contributed by atoms with van der Waals surface area (Å²) in [5, 5.41) is 15.6. The Hall–Kier alpha value is -4.80. The maximum absolute atomic E-state index is 13.8. The molecule has 3 aromatic rings. The van der Waals surface area contributed by atoms with E-state index in [0.29, 0.717) is 12.2 Å². The normalized spacial score (nSPS) is 10.3. The van der Waals surface area contributed by atoms with Crippen molar-refractivity contribution in [2.75, 3.05) is 24.4 Å². The fourth-order valence-corrected chi connectivity index (χ4v) is 3.15. The van der Waals surface area contributed by atoms with Crippen molar-refractivity contribution in [3.63, 3.8) is 0 Å². The van der Waals surface area contributed by atoms with Crippen LogP contribution in [0, 0.1) is 15.9 Å². The number of aryl methyl sites for hydroxylation is 1. The van der Waals surface area contributed by atoms with E-state index in [1.165, 1.54) is 12.1 Å². The fraction of sp³-hybridized carbons (Fsp3) is 0.160. The van der Waals surface area contributed by atoms with E-state index in [-0.39, 0.29) is 23.6 Å². The van der Waals surface area contributed by atoms with Gasteiger partial charge in [0.2, 0.25) is 5.91 Å². The first-order valence-corrected chi connectivity index (χ1v) is 10.7. The topological polar surface area (TPSA) is 137 Å². The Morgan fingerprint density at radius 1 is 0.944 bits per heavy atom. The maximum atomic E-state index is 13.8. The Labute approximate surface area is 205 Å². The lowest BCUT2D eigenvalue weighted by molar-refractivity contribution is -0.384. The van der Waals surface area contributed by atoms with Gasteiger partial charge in [-0.2, -0.15) is 0 Å². The summed E-state index contributed by atoms with van der Waals surface area (Å²) in [6, 6.07) is 16.0. The third kappa shape index (κ3) is 7.10. The van der Waals surface area contributed by atoms with Crippen LogP contribution in [-0.4, -0.2) is 36.4 Å². The summed E-state index contributed by atoms with van der Waals surface area (Å²) in [5.41, 5.74) is 0.317. The molecule has 186 valence electrons. The van der Waals surface area contributed by atoms with E-state index in [0.717, 1.165) is 23.8 Å². The van der Waals surface area contributed by atoms with Crippen LogP contribution in [0.25, 0.3) is 0 Å². The second-order valence-corrected chi connectivity index (χ2v) is 7.49. The number of carbonyl (C=O) groups is 3. The van der Waals surface area contributed by atoms with Crippen molar-refractivity contribution < 1.29 is 33.2 Å². The van der Waals surface area contributed by atoms with Crippen molar-refractivity contribution in [2.24, 2.45) is 0 Å². The van der Waals surface area contributed by atoms with Crippen molar-refractivity contribution in [1.29, 1.82) is 0 Å². The fourth-order valence-electron chi connectivity index (χ4n) is 3.15. The molecule has 0 saturated carbocycles. The minimum absolute atomic E-state index is 0.0182. The summed E-state index contributed by atoms with van der Waals surface area (Å²) in [5.74, 6) is -2.30. The number of nitrogens with zero attached hydrogens (tertiary/aromatic N) is 1. The number of rotatable bonds is 10. The molecule has 0 unspecified atom stereocenters. The first-order chi connectivity index (χ1) is 17.3. The molecule has 0 aromatic heterocycles. The van der Waals surface area contributed by atoms with Gasteiger partial charge in [0.1, 0.15) is 11.6 Å². The second-order valence-electron chi connectivity index (χ2n) is 7.49. The summed E-state index contributed by atoms with van der Waals surface area (Å²) in [4.78, 5) is 47.1. The van der Waals surface area contributed by atoms with E-state index in [9.17, 15) is 28.9 Å². The van der Waals surface area contributed by atoms with Gasteiger partial charge in [-0.15, -0.1) is 0 Å². The number of methoxy groups -OCH3 is 1. The first kappa shape index (κ1) is 25.8. The Morgan fingerprint density at radius 2 is 1.64 bits per heavy atom. The van der Waals surface area contributed by atoms with Crippen molar-refractivity contribution >= 4 is 34.8 Å². The number of non-ortho nitro benzene ring substituents is 1. The highest BCUT2D eigenvalue weighted by molar-refractivity contribution is 6.02. The van der Waals surface area contributed by atoms with Gasteiger partial charge in [-0.05, 0) is 42.3 Å². The zero-order chi connectivity index (χ0) is 26.1. The van der Waals surface area contributed by atoms with Gasteiger partial charge in [0.15, 0.2) is 6.61 Å². The molecule has 0 aliphatic rings. The molecular formula is C25H22FN3O7. The van der Waals surface area contributed by atoms with E-state index >= 15 is 0 Å². The Balaban J connectivity index is 1.56. The molecule has 0 heterocycles. The zero-order valence-electron chi connectivity index (χ0n) is 19.2. The molecule has 0 aliphatic carbocycles. The average Bonchev–Trinajstić information content (AvgIpc) is 2.87. The number of esters is 1. The van der Waals surface area contributed by atoms with E-state index in [2.05, 4.69) is 10.6 Å². The summed E-state index contributed by atoms with van der Waals surface area (Å²) in [7, 11) is 1.56. The minimum atomic E-state index is -0.899. The summed E-state index contributed by atoms with van der Waals surface area (Å²) in [6.07, 6.45) is 0.629. The second kappa shape index (κ2) is 12.1. The largest absolute Gasteiger partial charge is 0.497 e. The number of anilines is 2. The average molecular weight is 495 g/mol. The highest BCUT2D eigenvalue weighted by atomic mass is 19.1. The van der Waals surface area contributed by atoms with Crippen LogP contribution in [0.2, 0.25) is 0 Å². The molecule has 0 aliphatic heterocycles. The SMILES string of the molecule is COc1ccc(CCC(=O)Nc2ccccc2C(=O)OCC(=O)Nc2cc([N+](=O)[O-])ccc2F)cc1. The number of nitro benzene ring substituents is 1. The van der Waals surface area contributed by atoms with Crippen LogP contribution in [0.15, 0.2) is 66.7 Å². The van der Waals surface area contributed by atoms with Crippen molar-refractivity contribution in [2.45, 2.75) is 12.8 Å². The molecule has 36 heavy (non-hydrogen) atoms. The molecule has 2 amide bonds. The molecule has 0 radical (unpaired) electrons. The Bertz CT molecular complexity index is 1280. The third-order valence-electron chi connectivity index (χ3n) is 4.99. The van der Waals surface area contributed by atoms with E-state index in [4.69, 9.17) is 9.47 Å². The van der Waals surface area contributed by atoms with Gasteiger partial charge >= 0.3 is 5.97 Å². The summed E-state index contributed by atoms with van der Waals surface area (Å²) in [6.45, 7) is -0.777. The lowest BCUT2D eigenvalue weighted by atomic mass is 10.1. The third-order valence-corrected chi connectivity index (χ3v) is 4.99. The van der Waals surface area contributed by atoms with Crippen LogP contribution in [-0.2, 0) is 20.7 Å². The lowest BCUT2D eigenvalue weighted by Crippen LogP contribution is -2.22. The summed E-state index contributed by atoms with van der Waals surface area (Å²) < 4.78 is 23.9. The van der Waals surface area contributed by atoms with Gasteiger partial charge in [0.25, 0.3) is 11.6 Å². The number of benzene rings is 3. The minimum Gasteiger partial charge on any atom is -0.497 e. The van der Waals surface area contributed by atoms with Gasteiger partial charge in [-0.25, -0.2) is 9.18 Å². The molecule has 10 nitrogen and oxygen atoms in total. The van der Waals surface area contributed by atoms with Crippen LogP contribution in [0.3, 0.4) is 0 Å². The van der Waals surface area contributed by atoms with E-state index in [1.54, 1.807) is 31.4 Å². The van der Waals surface area contributed by atoms with Gasteiger partial charge in [0.05, 0.1) is 29.0 Å². The molecular weight excluding hydrogens is 473 g/mol. The van der Waals surface area contributed by atoms with Crippen LogP contribution in [0.1, 0.15) is 22.3 Å². The van der Waals surface area contributed by atoms with Crippen molar-refractivity contribution in [3.8, 4) is 5.75 Å². The van der Waals surface area contributed by atoms with Gasteiger partial charge in [0, 0.05) is 18.6 Å². The van der Waals surface area contributed by atoms with Gasteiger partial charge in [-0.1, -0.05) is 24.3 Å². The molecule has 3 rings (SSSR count). The predicted octanol–water partition coefficient (Wildman–Crippen LogP) is 4.11. The lowest BCUT2D eigenvalue weighted by Gasteiger charge is -2.11. The van der Waals surface area contributed by atoms with Gasteiger partial charge < -0.3 is 20.1 Å². The number of ether oxygens (including phenoxy) is 2. The zero-order valence-corrected chi connectivity index (χ0v) is 19.2. The number of carbonyl (C=O) groups excluding carboxylic acids is 3. The van der Waals surface area contributed by atoms with Gasteiger partial charge in [-0.3, -0.25) is 19.7 Å². The molecule has 0 saturated heterocycles. The highest BCUT2D eigenvalue weighted by Gasteiger charge is 2.18. The number of hydrogen-bond donors (Lipinski definition) is 2. The Kier molecular flexibility index (Phi) is 8.65. The number of para-hydroxylation sites is 1. The molecule has 0 fully saturated rings. The van der Waals surface area contributed by atoms with E-state index in [1.807, 2.05) is 12.1 Å². The number of nitro groups is 1. The van der Waals surface area contributed by atoms with Crippen LogP contribution >= 0.6 is 0 Å². The molecule has 0 atom stereocenters. The number of halogens is 1. The standard InChI is InChI=1S/C25H22FN3O7/c1-35-18-10-6-16(7-11-18)8-13-23(30)27-21-5-3-2-4-19(21)25(32)36-15-24(31)28-22-14-17(29(33)34)9-12-20(22)26/h2-7,9-12,14H,8,13,15H2,1H3,(H,27,30)(H,28,31). The summed E-state index contributed by atoms with van der Waals surface area (Å²) >= 11 is 0. The number of amides is 2.